The van der Waals surface area contributed by atoms with Gasteiger partial charge in [0.15, 0.2) is 16.7 Å². The number of benzene rings is 2. The first-order chi connectivity index (χ1) is 13.9. The maximum Gasteiger partial charge on any atom is 0.335 e. The molecule has 0 spiro atoms. The van der Waals surface area contributed by atoms with E-state index in [2.05, 4.69) is 4.99 Å². The fraction of sp³-hybridized carbons (Fsp3) is 0.190. The fourth-order valence-electron chi connectivity index (χ4n) is 2.70. The van der Waals surface area contributed by atoms with Gasteiger partial charge in [-0.3, -0.25) is 14.7 Å². The van der Waals surface area contributed by atoms with Crippen LogP contribution in [0.15, 0.2) is 52.4 Å². The number of amidine groups is 1. The van der Waals surface area contributed by atoms with Crippen molar-refractivity contribution in [2.75, 3.05) is 21.2 Å². The highest BCUT2D eigenvalue weighted by Crippen LogP contribution is 2.34. The minimum atomic E-state index is -0.966. The van der Waals surface area contributed by atoms with Crippen LogP contribution in [-0.4, -0.2) is 48.3 Å². The van der Waals surface area contributed by atoms with Gasteiger partial charge >= 0.3 is 5.97 Å². The molecule has 0 aliphatic carbocycles. The summed E-state index contributed by atoms with van der Waals surface area (Å²) >= 11 is 1.32. The van der Waals surface area contributed by atoms with Crippen LogP contribution in [0.5, 0.6) is 11.5 Å². The number of hydrogen-bond donors (Lipinski definition) is 1. The summed E-state index contributed by atoms with van der Waals surface area (Å²) in [4.78, 5) is 29.4. The number of hydrogen-bond acceptors (Lipinski definition) is 6. The zero-order valence-corrected chi connectivity index (χ0v) is 17.0. The van der Waals surface area contributed by atoms with Crippen LogP contribution in [0.2, 0.25) is 0 Å². The van der Waals surface area contributed by atoms with Crippen LogP contribution in [0.4, 0.5) is 0 Å². The summed E-state index contributed by atoms with van der Waals surface area (Å²) in [7, 11) is 4.89. The van der Waals surface area contributed by atoms with E-state index in [9.17, 15) is 9.59 Å². The second-order valence-electron chi connectivity index (χ2n) is 6.18. The first kappa shape index (κ1) is 20.5. The van der Waals surface area contributed by atoms with Crippen molar-refractivity contribution >= 4 is 34.9 Å². The Hall–Kier alpha value is -3.26. The summed E-state index contributed by atoms with van der Waals surface area (Å²) in [5.74, 6) is 0.0240. The molecule has 1 aliphatic rings. The topological polar surface area (TPSA) is 88.4 Å². The minimum Gasteiger partial charge on any atom is -0.493 e. The number of aromatic carboxylic acids is 1. The van der Waals surface area contributed by atoms with Crippen molar-refractivity contribution < 1.29 is 24.2 Å². The van der Waals surface area contributed by atoms with Gasteiger partial charge < -0.3 is 14.6 Å². The third kappa shape index (κ3) is 4.60. The second kappa shape index (κ2) is 8.83. The number of thioether (sulfide) groups is 1. The smallest absolute Gasteiger partial charge is 0.335 e. The Kier molecular flexibility index (Phi) is 6.23. The highest BCUT2D eigenvalue weighted by atomic mass is 32.2. The van der Waals surface area contributed by atoms with Crippen LogP contribution in [0.3, 0.4) is 0 Å². The molecule has 0 bridgehead atoms. The molecule has 2 aromatic carbocycles. The number of carboxylic acids is 1. The molecule has 7 nitrogen and oxygen atoms in total. The van der Waals surface area contributed by atoms with Crippen LogP contribution in [0.25, 0.3) is 6.08 Å². The number of aliphatic imine (C=N–C) groups is 1. The summed E-state index contributed by atoms with van der Waals surface area (Å²) in [5.41, 5.74) is 1.87. The van der Waals surface area contributed by atoms with E-state index in [1.165, 1.54) is 28.8 Å². The lowest BCUT2D eigenvalue weighted by molar-refractivity contribution is -0.121. The van der Waals surface area contributed by atoms with Crippen LogP contribution in [0, 0.1) is 0 Å². The standard InChI is InChI=1S/C21H20N2O5S/c1-22-21-23(2)19(24)18(29-21)11-14-6-9-16(17(10-14)27-3)28-12-13-4-7-15(8-5-13)20(25)26/h4-11H,12H2,1-3H3,(H,25,26). The van der Waals surface area contributed by atoms with E-state index in [1.54, 1.807) is 51.5 Å². The fourth-order valence-corrected chi connectivity index (χ4v) is 3.63. The lowest BCUT2D eigenvalue weighted by Gasteiger charge is -2.12. The molecule has 0 aromatic heterocycles. The average molecular weight is 412 g/mol. The lowest BCUT2D eigenvalue weighted by Crippen LogP contribution is -2.23. The van der Waals surface area contributed by atoms with Crippen LogP contribution in [0.1, 0.15) is 21.5 Å². The minimum absolute atomic E-state index is 0.0975. The van der Waals surface area contributed by atoms with Crippen molar-refractivity contribution in [1.29, 1.82) is 0 Å². The second-order valence-corrected chi connectivity index (χ2v) is 7.19. The summed E-state index contributed by atoms with van der Waals surface area (Å²) in [6.07, 6.45) is 1.79. The third-order valence-electron chi connectivity index (χ3n) is 4.28. The van der Waals surface area contributed by atoms with Gasteiger partial charge in [0, 0.05) is 14.1 Å². The van der Waals surface area contributed by atoms with Gasteiger partial charge in [-0.2, -0.15) is 0 Å². The van der Waals surface area contributed by atoms with E-state index in [0.29, 0.717) is 21.6 Å². The van der Waals surface area contributed by atoms with Gasteiger partial charge in [0.25, 0.3) is 5.91 Å². The number of methoxy groups -OCH3 is 1. The van der Waals surface area contributed by atoms with Crippen LogP contribution >= 0.6 is 11.8 Å². The van der Waals surface area contributed by atoms with E-state index in [1.807, 2.05) is 6.07 Å². The average Bonchev–Trinajstić information content (AvgIpc) is 3.00. The number of ether oxygens (including phenoxy) is 2. The molecule has 3 rings (SSSR count). The Balaban J connectivity index is 1.74. The molecule has 0 saturated carbocycles. The Bertz CT molecular complexity index is 999. The molecule has 150 valence electrons. The highest BCUT2D eigenvalue weighted by molar-refractivity contribution is 8.18. The molecule has 1 saturated heterocycles. The Labute approximate surface area is 172 Å². The van der Waals surface area contributed by atoms with E-state index < -0.39 is 5.97 Å². The van der Waals surface area contributed by atoms with E-state index >= 15 is 0 Å². The first-order valence-electron chi connectivity index (χ1n) is 8.70. The summed E-state index contributed by atoms with van der Waals surface area (Å²) < 4.78 is 11.2. The number of carbonyl (C=O) groups is 2. The molecule has 8 heteroatoms. The maximum atomic E-state index is 12.3. The maximum absolute atomic E-state index is 12.3. The molecule has 0 radical (unpaired) electrons. The molecule has 1 aliphatic heterocycles. The number of carbonyl (C=O) groups excluding carboxylic acids is 1. The van der Waals surface area contributed by atoms with Crippen molar-refractivity contribution in [3.8, 4) is 11.5 Å². The highest BCUT2D eigenvalue weighted by Gasteiger charge is 2.29. The van der Waals surface area contributed by atoms with Gasteiger partial charge in [0.2, 0.25) is 0 Å². The van der Waals surface area contributed by atoms with Gasteiger partial charge in [0.05, 0.1) is 17.6 Å². The van der Waals surface area contributed by atoms with Crippen molar-refractivity contribution in [2.24, 2.45) is 4.99 Å². The molecule has 1 amide bonds. The number of carboxylic acid groups (broad SMARTS) is 1. The van der Waals surface area contributed by atoms with Crippen molar-refractivity contribution in [1.82, 2.24) is 4.90 Å². The predicted molar refractivity (Wildman–Crippen MR) is 112 cm³/mol. The number of rotatable bonds is 6. The van der Waals surface area contributed by atoms with Gasteiger partial charge in [-0.15, -0.1) is 0 Å². The largest absolute Gasteiger partial charge is 0.493 e. The van der Waals surface area contributed by atoms with Crippen molar-refractivity contribution in [2.45, 2.75) is 6.61 Å². The normalized spacial score (nSPS) is 16.5. The molecule has 0 atom stereocenters. The van der Waals surface area contributed by atoms with E-state index in [0.717, 1.165) is 11.1 Å². The van der Waals surface area contributed by atoms with Crippen LogP contribution < -0.4 is 9.47 Å². The molecule has 1 N–H and O–H groups in total. The monoisotopic (exact) mass is 412 g/mol. The zero-order chi connectivity index (χ0) is 21.0. The Morgan fingerprint density at radius 3 is 2.52 bits per heavy atom. The number of likely N-dealkylation sites (N-methyl/N-ethyl adjacent to an activating group) is 1. The Morgan fingerprint density at radius 2 is 1.93 bits per heavy atom. The quantitative estimate of drug-likeness (QED) is 0.731. The van der Waals surface area contributed by atoms with Crippen LogP contribution in [-0.2, 0) is 11.4 Å². The van der Waals surface area contributed by atoms with E-state index in [-0.39, 0.29) is 18.1 Å². The number of amides is 1. The van der Waals surface area contributed by atoms with Gasteiger partial charge in [-0.1, -0.05) is 18.2 Å². The molecule has 0 unspecified atom stereocenters. The molecule has 1 fully saturated rings. The van der Waals surface area contributed by atoms with Crippen molar-refractivity contribution in [3.63, 3.8) is 0 Å². The SMILES string of the molecule is CN=C1SC(=Cc2ccc(OCc3ccc(C(=O)O)cc3)c(OC)c2)C(=O)N1C. The molecular formula is C21H20N2O5S. The Morgan fingerprint density at radius 1 is 1.21 bits per heavy atom. The van der Waals surface area contributed by atoms with Gasteiger partial charge in [-0.05, 0) is 53.2 Å². The molecule has 2 aromatic rings. The third-order valence-corrected chi connectivity index (χ3v) is 5.43. The molecule has 1 heterocycles. The number of nitrogens with zero attached hydrogens (tertiary/aromatic N) is 2. The summed E-state index contributed by atoms with van der Waals surface area (Å²) in [5, 5.41) is 9.61. The van der Waals surface area contributed by atoms with Crippen molar-refractivity contribution in [3.05, 3.63) is 64.1 Å². The van der Waals surface area contributed by atoms with E-state index in [4.69, 9.17) is 14.6 Å². The van der Waals surface area contributed by atoms with Gasteiger partial charge in [0.1, 0.15) is 6.61 Å². The van der Waals surface area contributed by atoms with Gasteiger partial charge in [-0.25, -0.2) is 4.79 Å². The molecular weight excluding hydrogens is 392 g/mol. The lowest BCUT2D eigenvalue weighted by atomic mass is 10.1. The predicted octanol–water partition coefficient (Wildman–Crippen LogP) is 3.50. The first-order valence-corrected chi connectivity index (χ1v) is 9.52. The zero-order valence-electron chi connectivity index (χ0n) is 16.2. The molecule has 29 heavy (non-hydrogen) atoms. The summed E-state index contributed by atoms with van der Waals surface area (Å²) in [6, 6.07) is 11.9. The summed E-state index contributed by atoms with van der Waals surface area (Å²) in [6.45, 7) is 0.270.